The summed E-state index contributed by atoms with van der Waals surface area (Å²) < 4.78 is 2.06. The number of hydrogen-bond donors (Lipinski definition) is 2. The number of hydrogen-bond acceptors (Lipinski definition) is 6. The highest BCUT2D eigenvalue weighted by Crippen LogP contribution is 2.61. The highest BCUT2D eigenvalue weighted by Gasteiger charge is 2.51. The number of fused-ring (bicyclic) bond motifs is 1. The van der Waals surface area contributed by atoms with Gasteiger partial charge in [0.2, 0.25) is 5.91 Å². The molecule has 8 nitrogen and oxygen atoms in total. The number of piperazine rings is 1. The lowest BCUT2D eigenvalue weighted by atomic mass is 9.49. The number of carbonyl (C=O) groups excluding carboxylic acids is 1. The molecule has 54 heavy (non-hydrogen) atoms. The number of β-amino-alcohol motifs (C(OH)–C–C–N with tert-alkyl or cyclic N) is 1. The third kappa shape index (κ3) is 8.55. The van der Waals surface area contributed by atoms with Crippen LogP contribution in [0.15, 0.2) is 60.7 Å². The molecule has 1 saturated heterocycles. The molecule has 4 bridgehead atoms. The quantitative estimate of drug-likeness (QED) is 0.106. The lowest BCUT2D eigenvalue weighted by molar-refractivity contribution is -0.129. The van der Waals surface area contributed by atoms with Crippen molar-refractivity contribution in [2.45, 2.75) is 103 Å². The summed E-state index contributed by atoms with van der Waals surface area (Å²) in [6.45, 7) is 7.48. The minimum absolute atomic E-state index is 0.197. The van der Waals surface area contributed by atoms with Crippen LogP contribution < -0.4 is 10.2 Å². The number of rotatable bonds is 17. The molecule has 0 unspecified atom stereocenters. The molecule has 4 aliphatic carbocycles. The molecule has 3 heterocycles. The van der Waals surface area contributed by atoms with Gasteiger partial charge in [0, 0.05) is 62.9 Å². The van der Waals surface area contributed by atoms with Gasteiger partial charge in [0.15, 0.2) is 5.65 Å². The zero-order chi connectivity index (χ0) is 36.9. The van der Waals surface area contributed by atoms with Gasteiger partial charge in [0.25, 0.3) is 0 Å². The van der Waals surface area contributed by atoms with E-state index in [4.69, 9.17) is 10.1 Å². The molecule has 0 radical (unpaired) electrons. The Labute approximate surface area is 322 Å². The summed E-state index contributed by atoms with van der Waals surface area (Å²) in [5.74, 6) is 4.14. The van der Waals surface area contributed by atoms with Gasteiger partial charge in [-0.2, -0.15) is 9.61 Å². The smallest absolute Gasteiger partial charge is 0.220 e. The van der Waals surface area contributed by atoms with Gasteiger partial charge in [-0.3, -0.25) is 9.69 Å². The van der Waals surface area contributed by atoms with Crippen molar-refractivity contribution in [2.24, 2.45) is 23.2 Å². The Balaban J connectivity index is 0.817. The Morgan fingerprint density at radius 1 is 0.815 bits per heavy atom. The summed E-state index contributed by atoms with van der Waals surface area (Å²) in [5, 5.41) is 17.8. The van der Waals surface area contributed by atoms with Gasteiger partial charge >= 0.3 is 0 Å². The van der Waals surface area contributed by atoms with E-state index < -0.39 is 0 Å². The molecule has 4 aromatic rings. The second-order valence-electron chi connectivity index (χ2n) is 17.5. The second kappa shape index (κ2) is 16.9. The molecule has 2 aromatic heterocycles. The third-order valence-electron chi connectivity index (χ3n) is 13.3. The highest BCUT2D eigenvalue weighted by molar-refractivity contribution is 5.83. The number of aryl methyl sites for hydroxylation is 2. The number of unbranched alkanes of at least 4 members (excludes halogenated alkanes) is 6. The monoisotopic (exact) mass is 730 g/mol. The van der Waals surface area contributed by atoms with E-state index in [-0.39, 0.29) is 6.61 Å². The molecule has 4 saturated carbocycles. The minimum atomic E-state index is 0.197. The summed E-state index contributed by atoms with van der Waals surface area (Å²) >= 11 is 0. The Bertz CT molecular complexity index is 1830. The van der Waals surface area contributed by atoms with Crippen LogP contribution in [0.4, 0.5) is 5.82 Å². The number of benzene rings is 2. The van der Waals surface area contributed by atoms with Crippen molar-refractivity contribution >= 4 is 17.4 Å². The molecular formula is C46H62N6O2. The number of amides is 1. The van der Waals surface area contributed by atoms with E-state index in [0.29, 0.717) is 11.3 Å². The molecule has 5 fully saturated rings. The van der Waals surface area contributed by atoms with E-state index in [1.165, 1.54) is 88.2 Å². The normalized spacial score (nSPS) is 23.7. The first-order valence-electron chi connectivity index (χ1n) is 21.4. The number of nitrogens with one attached hydrogen (secondary N) is 1. The zero-order valence-electron chi connectivity index (χ0n) is 32.7. The lowest BCUT2D eigenvalue weighted by Gasteiger charge is -2.56. The van der Waals surface area contributed by atoms with Crippen LogP contribution in [-0.4, -0.2) is 76.4 Å². The number of anilines is 1. The van der Waals surface area contributed by atoms with Gasteiger partial charge < -0.3 is 15.3 Å². The van der Waals surface area contributed by atoms with Crippen LogP contribution in [0, 0.1) is 30.1 Å². The number of aromatic nitrogens is 3. The molecule has 8 heteroatoms. The second-order valence-corrected chi connectivity index (χ2v) is 17.5. The number of carbonyl (C=O) groups is 1. The summed E-state index contributed by atoms with van der Waals surface area (Å²) in [4.78, 5) is 22.8. The summed E-state index contributed by atoms with van der Waals surface area (Å²) in [6, 6.07) is 21.7. The average Bonchev–Trinajstić information content (AvgIpc) is 3.51. The van der Waals surface area contributed by atoms with E-state index in [9.17, 15) is 9.90 Å². The minimum Gasteiger partial charge on any atom is -0.395 e. The topological polar surface area (TPSA) is 86.0 Å². The summed E-state index contributed by atoms with van der Waals surface area (Å²) in [7, 11) is 0. The maximum Gasteiger partial charge on any atom is 0.220 e. The van der Waals surface area contributed by atoms with Gasteiger partial charge in [-0.15, -0.1) is 0 Å². The first-order valence-corrected chi connectivity index (χ1v) is 21.4. The fourth-order valence-corrected chi connectivity index (χ4v) is 11.1. The van der Waals surface area contributed by atoms with E-state index >= 15 is 0 Å². The Morgan fingerprint density at radius 3 is 2.19 bits per heavy atom. The van der Waals surface area contributed by atoms with Gasteiger partial charge in [-0.05, 0) is 99.0 Å². The van der Waals surface area contributed by atoms with Gasteiger partial charge in [-0.25, -0.2) is 4.98 Å². The third-order valence-corrected chi connectivity index (χ3v) is 13.3. The van der Waals surface area contributed by atoms with Crippen molar-refractivity contribution in [1.29, 1.82) is 0 Å². The molecule has 2 N–H and O–H groups in total. The number of aliphatic hydroxyl groups is 1. The van der Waals surface area contributed by atoms with Gasteiger partial charge in [0.1, 0.15) is 5.82 Å². The lowest BCUT2D eigenvalue weighted by Crippen LogP contribution is -2.48. The molecule has 2 aromatic carbocycles. The Morgan fingerprint density at radius 2 is 1.48 bits per heavy atom. The van der Waals surface area contributed by atoms with Crippen LogP contribution in [0.3, 0.4) is 0 Å². The molecule has 0 atom stereocenters. The summed E-state index contributed by atoms with van der Waals surface area (Å²) in [5.41, 5.74) is 7.97. The van der Waals surface area contributed by atoms with Crippen LogP contribution in [-0.2, 0) is 11.2 Å². The Kier molecular flexibility index (Phi) is 11.7. The van der Waals surface area contributed by atoms with E-state index in [1.807, 2.05) is 0 Å². The summed E-state index contributed by atoms with van der Waals surface area (Å²) in [6.07, 6.45) is 18.7. The molecule has 9 rings (SSSR count). The predicted octanol–water partition coefficient (Wildman–Crippen LogP) is 8.48. The van der Waals surface area contributed by atoms with Crippen molar-refractivity contribution < 1.29 is 9.90 Å². The first-order chi connectivity index (χ1) is 26.4. The standard InChI is InChI=1S/C46H62N6O2/c1-34-44(45-48-41(39-15-9-7-10-16-39)29-43(52(45)49-34)51-21-19-50(20-22-51)23-24-53)40-17-12-14-35(28-40)13-8-5-3-2-4-6-11-18-47-42(54)33-46-30-36-25-37(31-46)27-38(26-36)32-46/h7,9-10,12,14-17,28-29,36-38,53H,2-6,8,11,13,18-27,30-33H2,1H3,(H,47,54). The predicted molar refractivity (Wildman–Crippen MR) is 219 cm³/mol. The van der Waals surface area contributed by atoms with E-state index in [2.05, 4.69) is 87.2 Å². The largest absolute Gasteiger partial charge is 0.395 e. The van der Waals surface area contributed by atoms with Gasteiger partial charge in [0.05, 0.1) is 18.0 Å². The maximum absolute atomic E-state index is 12.9. The van der Waals surface area contributed by atoms with Crippen molar-refractivity contribution in [3.8, 4) is 22.4 Å². The average molecular weight is 731 g/mol. The maximum atomic E-state index is 12.9. The van der Waals surface area contributed by atoms with Gasteiger partial charge in [-0.1, -0.05) is 86.7 Å². The highest BCUT2D eigenvalue weighted by atomic mass is 16.3. The van der Waals surface area contributed by atoms with Crippen LogP contribution in [0.5, 0.6) is 0 Å². The Hall–Kier alpha value is -3.75. The molecule has 288 valence electrons. The van der Waals surface area contributed by atoms with Crippen molar-refractivity contribution in [2.75, 3.05) is 50.8 Å². The van der Waals surface area contributed by atoms with E-state index in [1.54, 1.807) is 0 Å². The zero-order valence-corrected chi connectivity index (χ0v) is 32.7. The van der Waals surface area contributed by atoms with Crippen LogP contribution in [0.1, 0.15) is 101 Å². The van der Waals surface area contributed by atoms with Crippen molar-refractivity contribution in [1.82, 2.24) is 24.8 Å². The van der Waals surface area contributed by atoms with Crippen LogP contribution in [0.2, 0.25) is 0 Å². The molecule has 5 aliphatic rings. The fourth-order valence-electron chi connectivity index (χ4n) is 11.1. The van der Waals surface area contributed by atoms with Crippen molar-refractivity contribution in [3.05, 3.63) is 71.9 Å². The molecule has 1 aliphatic heterocycles. The van der Waals surface area contributed by atoms with Crippen LogP contribution >= 0.6 is 0 Å². The number of aliphatic hydroxyl groups excluding tert-OH is 1. The van der Waals surface area contributed by atoms with Crippen molar-refractivity contribution in [3.63, 3.8) is 0 Å². The number of nitrogens with zero attached hydrogens (tertiary/aromatic N) is 5. The molecular weight excluding hydrogens is 669 g/mol. The molecule has 0 spiro atoms. The SMILES string of the molecule is Cc1nn2c(N3CCN(CCO)CC3)cc(-c3ccccc3)nc2c1-c1cccc(CCCCCCCCCNC(=O)CC23CC4CC(CC(C4)C2)C3)c1. The van der Waals surface area contributed by atoms with Crippen LogP contribution in [0.25, 0.3) is 28.0 Å². The van der Waals surface area contributed by atoms with E-state index in [0.717, 1.165) is 110 Å². The fraction of sp³-hybridized carbons (Fsp3) is 0.587. The molecule has 1 amide bonds. The first kappa shape index (κ1) is 37.2.